The van der Waals surface area contributed by atoms with Crippen LogP contribution in [0, 0.1) is 0 Å². The second-order valence-corrected chi connectivity index (χ2v) is 8.22. The molecule has 5 aromatic rings. The van der Waals surface area contributed by atoms with E-state index >= 15 is 0 Å². The van der Waals surface area contributed by atoms with Gasteiger partial charge in [-0.15, -0.1) is 11.3 Å². The van der Waals surface area contributed by atoms with Crippen molar-refractivity contribution in [2.24, 2.45) is 0 Å². The third-order valence-electron chi connectivity index (χ3n) is 5.27. The second kappa shape index (κ2) is 7.62. The van der Waals surface area contributed by atoms with Crippen LogP contribution < -0.4 is 5.73 Å². The van der Waals surface area contributed by atoms with Gasteiger partial charge in [-0.2, -0.15) is 0 Å². The van der Waals surface area contributed by atoms with Gasteiger partial charge in [0.2, 0.25) is 0 Å². The molecule has 5 rings (SSSR count). The highest BCUT2D eigenvalue weighted by molar-refractivity contribution is 7.20. The Morgan fingerprint density at radius 3 is 1.97 bits per heavy atom. The summed E-state index contributed by atoms with van der Waals surface area (Å²) in [5, 5.41) is 2.70. The van der Waals surface area contributed by atoms with Crippen molar-refractivity contribution in [3.8, 4) is 21.6 Å². The van der Waals surface area contributed by atoms with Crippen LogP contribution in [0.15, 0.2) is 103 Å². The molecule has 0 amide bonds. The molecule has 4 aromatic carbocycles. The van der Waals surface area contributed by atoms with Crippen molar-refractivity contribution >= 4 is 32.9 Å². The minimum Gasteiger partial charge on any atom is -0.390 e. The smallest absolute Gasteiger partial charge is 0.196 e. The van der Waals surface area contributed by atoms with E-state index in [1.807, 2.05) is 91.0 Å². The molecule has 1 aromatic heterocycles. The van der Waals surface area contributed by atoms with Gasteiger partial charge in [0.25, 0.3) is 0 Å². The zero-order valence-corrected chi connectivity index (χ0v) is 17.0. The van der Waals surface area contributed by atoms with E-state index in [1.165, 1.54) is 11.3 Å². The Morgan fingerprint density at radius 2 is 1.27 bits per heavy atom. The fourth-order valence-electron chi connectivity index (χ4n) is 3.82. The van der Waals surface area contributed by atoms with Crippen LogP contribution in [0.4, 0.5) is 5.00 Å². The lowest BCUT2D eigenvalue weighted by molar-refractivity contribution is 0.104. The van der Waals surface area contributed by atoms with Gasteiger partial charge < -0.3 is 5.73 Å². The minimum absolute atomic E-state index is 0.0458. The molecule has 0 saturated carbocycles. The number of fused-ring (bicyclic) bond motifs is 1. The monoisotopic (exact) mass is 405 g/mol. The van der Waals surface area contributed by atoms with E-state index in [-0.39, 0.29) is 5.78 Å². The summed E-state index contributed by atoms with van der Waals surface area (Å²) in [5.74, 6) is -0.0458. The zero-order valence-electron chi connectivity index (χ0n) is 16.2. The predicted octanol–water partition coefficient (Wildman–Crippen LogP) is 7.05. The molecule has 0 spiro atoms. The van der Waals surface area contributed by atoms with Gasteiger partial charge >= 0.3 is 0 Å². The summed E-state index contributed by atoms with van der Waals surface area (Å²) >= 11 is 1.47. The third-order valence-corrected chi connectivity index (χ3v) is 6.34. The Kier molecular flexibility index (Phi) is 4.66. The Morgan fingerprint density at radius 1 is 0.667 bits per heavy atom. The first kappa shape index (κ1) is 18.3. The van der Waals surface area contributed by atoms with Gasteiger partial charge in [0.05, 0.1) is 10.6 Å². The van der Waals surface area contributed by atoms with Crippen LogP contribution in [0.2, 0.25) is 0 Å². The number of carbonyl (C=O) groups excluding carboxylic acids is 1. The van der Waals surface area contributed by atoms with Crippen molar-refractivity contribution in [1.82, 2.24) is 0 Å². The van der Waals surface area contributed by atoms with E-state index in [0.717, 1.165) is 32.3 Å². The van der Waals surface area contributed by atoms with E-state index in [4.69, 9.17) is 5.73 Å². The van der Waals surface area contributed by atoms with Crippen molar-refractivity contribution < 1.29 is 4.79 Å². The highest BCUT2D eigenvalue weighted by atomic mass is 32.1. The standard InChI is InChI=1S/C27H19NOS/c28-27-24(25(29)22-16-15-18-9-7-8-14-21(18)17-22)23(19-10-3-1-4-11-19)26(30-27)20-12-5-2-6-13-20/h1-17H,28H2. The number of hydrogen-bond acceptors (Lipinski definition) is 3. The summed E-state index contributed by atoms with van der Waals surface area (Å²) in [6.07, 6.45) is 0. The van der Waals surface area contributed by atoms with E-state index < -0.39 is 0 Å². The van der Waals surface area contributed by atoms with Gasteiger partial charge in [-0.05, 0) is 28.0 Å². The summed E-state index contributed by atoms with van der Waals surface area (Å²) in [5.41, 5.74) is 10.7. The maximum absolute atomic E-state index is 13.7. The number of nitrogen functional groups attached to an aromatic ring is 1. The van der Waals surface area contributed by atoms with Crippen molar-refractivity contribution in [3.05, 3.63) is 114 Å². The molecule has 0 atom stereocenters. The second-order valence-electron chi connectivity index (χ2n) is 7.17. The van der Waals surface area contributed by atoms with E-state index in [0.29, 0.717) is 16.1 Å². The van der Waals surface area contributed by atoms with Gasteiger partial charge in [0, 0.05) is 16.0 Å². The van der Waals surface area contributed by atoms with Crippen LogP contribution in [0.1, 0.15) is 15.9 Å². The molecular formula is C27H19NOS. The summed E-state index contributed by atoms with van der Waals surface area (Å²) in [7, 11) is 0. The maximum atomic E-state index is 13.7. The number of ketones is 1. The number of hydrogen-bond donors (Lipinski definition) is 1. The van der Waals surface area contributed by atoms with Crippen LogP contribution >= 0.6 is 11.3 Å². The van der Waals surface area contributed by atoms with Crippen LogP contribution in [-0.2, 0) is 0 Å². The molecular weight excluding hydrogens is 386 g/mol. The predicted molar refractivity (Wildman–Crippen MR) is 127 cm³/mol. The number of thiophene rings is 1. The normalized spacial score (nSPS) is 10.9. The number of anilines is 1. The molecule has 1 heterocycles. The molecule has 0 saturated heterocycles. The van der Waals surface area contributed by atoms with Crippen LogP contribution in [0.5, 0.6) is 0 Å². The van der Waals surface area contributed by atoms with Gasteiger partial charge in [0.1, 0.15) is 0 Å². The van der Waals surface area contributed by atoms with Crippen LogP contribution in [0.3, 0.4) is 0 Å². The third kappa shape index (κ3) is 3.19. The van der Waals surface area contributed by atoms with Crippen LogP contribution in [0.25, 0.3) is 32.3 Å². The van der Waals surface area contributed by atoms with E-state index in [9.17, 15) is 4.79 Å². The maximum Gasteiger partial charge on any atom is 0.196 e. The number of benzene rings is 4. The molecule has 0 bridgehead atoms. The van der Waals surface area contributed by atoms with Crippen molar-refractivity contribution in [2.45, 2.75) is 0 Å². The largest absolute Gasteiger partial charge is 0.390 e. The fourth-order valence-corrected chi connectivity index (χ4v) is 4.91. The average Bonchev–Trinajstić information content (AvgIpc) is 3.16. The van der Waals surface area contributed by atoms with E-state index in [1.54, 1.807) is 0 Å². The Bertz CT molecular complexity index is 1350. The molecule has 0 fully saturated rings. The molecule has 2 nitrogen and oxygen atoms in total. The quantitative estimate of drug-likeness (QED) is 0.326. The van der Waals surface area contributed by atoms with Gasteiger partial charge in [-0.3, -0.25) is 4.79 Å². The summed E-state index contributed by atoms with van der Waals surface area (Å²) in [6, 6.07) is 34.0. The number of rotatable bonds is 4. The molecule has 0 aliphatic carbocycles. The van der Waals surface area contributed by atoms with Gasteiger partial charge in [-0.25, -0.2) is 0 Å². The SMILES string of the molecule is Nc1sc(-c2ccccc2)c(-c2ccccc2)c1C(=O)c1ccc2ccccc2c1. The molecule has 30 heavy (non-hydrogen) atoms. The first-order valence-electron chi connectivity index (χ1n) is 9.79. The molecule has 3 heteroatoms. The average molecular weight is 406 g/mol. The topological polar surface area (TPSA) is 43.1 Å². The van der Waals surface area contributed by atoms with E-state index in [2.05, 4.69) is 12.1 Å². The highest BCUT2D eigenvalue weighted by Gasteiger charge is 2.25. The first-order valence-corrected chi connectivity index (χ1v) is 10.6. The molecule has 0 unspecified atom stereocenters. The molecule has 0 radical (unpaired) electrons. The number of carbonyl (C=O) groups is 1. The lowest BCUT2D eigenvalue weighted by Gasteiger charge is -2.09. The lowest BCUT2D eigenvalue weighted by Crippen LogP contribution is -2.05. The molecule has 0 aliphatic rings. The van der Waals surface area contributed by atoms with Crippen molar-refractivity contribution in [2.75, 3.05) is 5.73 Å². The molecule has 2 N–H and O–H groups in total. The minimum atomic E-state index is -0.0458. The highest BCUT2D eigenvalue weighted by Crippen LogP contribution is 2.45. The molecule has 0 aliphatic heterocycles. The Hall–Kier alpha value is -3.69. The van der Waals surface area contributed by atoms with Crippen molar-refractivity contribution in [3.63, 3.8) is 0 Å². The summed E-state index contributed by atoms with van der Waals surface area (Å²) < 4.78 is 0. The lowest BCUT2D eigenvalue weighted by atomic mass is 9.93. The van der Waals surface area contributed by atoms with Crippen molar-refractivity contribution in [1.29, 1.82) is 0 Å². The summed E-state index contributed by atoms with van der Waals surface area (Å²) in [4.78, 5) is 14.7. The van der Waals surface area contributed by atoms with Gasteiger partial charge in [0.15, 0.2) is 5.78 Å². The Labute approximate surface area is 179 Å². The summed E-state index contributed by atoms with van der Waals surface area (Å²) in [6.45, 7) is 0. The van der Waals surface area contributed by atoms with Crippen LogP contribution in [-0.4, -0.2) is 5.78 Å². The van der Waals surface area contributed by atoms with Gasteiger partial charge in [-0.1, -0.05) is 97.1 Å². The zero-order chi connectivity index (χ0) is 20.5. The molecule has 144 valence electrons. The first-order chi connectivity index (χ1) is 14.7. The fraction of sp³-hybridized carbons (Fsp3) is 0. The number of nitrogens with two attached hydrogens (primary N) is 1. The Balaban J connectivity index is 1.73.